The van der Waals surface area contributed by atoms with Crippen molar-refractivity contribution in [3.8, 4) is 5.75 Å². The van der Waals surface area contributed by atoms with Crippen LogP contribution in [-0.2, 0) is 6.42 Å². The number of carbonyl (C=O) groups is 1. The Hall–Kier alpha value is -1.85. The van der Waals surface area contributed by atoms with E-state index in [0.717, 1.165) is 19.5 Å². The van der Waals surface area contributed by atoms with Crippen molar-refractivity contribution in [3.63, 3.8) is 0 Å². The Labute approximate surface area is 128 Å². The molecule has 0 amide bonds. The Bertz CT molecular complexity index is 569. The molecule has 0 unspecified atom stereocenters. The van der Waals surface area contributed by atoms with Crippen LogP contribution < -0.4 is 4.74 Å². The summed E-state index contributed by atoms with van der Waals surface area (Å²) in [5.74, 6) is -0.534. The Morgan fingerprint density at radius 3 is 2.76 bits per heavy atom. The maximum atomic E-state index is 11.1. The molecule has 112 valence electrons. The number of carboxylic acids is 1. The lowest BCUT2D eigenvalue weighted by Crippen LogP contribution is -2.26. The molecule has 2 aromatic rings. The first-order chi connectivity index (χ1) is 10.2. The van der Waals surface area contributed by atoms with E-state index in [0.29, 0.717) is 12.4 Å². The maximum Gasteiger partial charge on any atom is 0.339 e. The molecule has 1 aromatic heterocycles. The highest BCUT2D eigenvalue weighted by Crippen LogP contribution is 2.17. The van der Waals surface area contributed by atoms with E-state index in [1.807, 2.05) is 7.05 Å². The van der Waals surface area contributed by atoms with Crippen LogP contribution in [0.4, 0.5) is 0 Å². The van der Waals surface area contributed by atoms with Gasteiger partial charge < -0.3 is 14.7 Å². The number of thiophene rings is 1. The molecule has 0 saturated heterocycles. The zero-order chi connectivity index (χ0) is 15.1. The first kappa shape index (κ1) is 15.5. The van der Waals surface area contributed by atoms with Crippen LogP contribution >= 0.6 is 11.3 Å². The van der Waals surface area contributed by atoms with Crippen LogP contribution in [-0.4, -0.2) is 42.7 Å². The lowest BCUT2D eigenvalue weighted by Gasteiger charge is -2.17. The van der Waals surface area contributed by atoms with E-state index in [4.69, 9.17) is 9.84 Å². The molecule has 0 fully saturated rings. The average Bonchev–Trinajstić information content (AvgIpc) is 2.99. The fourth-order valence-electron chi connectivity index (χ4n) is 1.95. The van der Waals surface area contributed by atoms with Gasteiger partial charge in [-0.05, 0) is 37.0 Å². The van der Waals surface area contributed by atoms with Gasteiger partial charge in [-0.15, -0.1) is 11.3 Å². The van der Waals surface area contributed by atoms with Gasteiger partial charge in [0.2, 0.25) is 0 Å². The average molecular weight is 305 g/mol. The largest absolute Gasteiger partial charge is 0.491 e. The molecule has 0 radical (unpaired) electrons. The summed E-state index contributed by atoms with van der Waals surface area (Å²) in [6, 6.07) is 10.9. The fraction of sp³-hybridized carbons (Fsp3) is 0.312. The van der Waals surface area contributed by atoms with Gasteiger partial charge in [-0.1, -0.05) is 18.2 Å². The van der Waals surface area contributed by atoms with Gasteiger partial charge in [-0.25, -0.2) is 4.79 Å². The summed E-state index contributed by atoms with van der Waals surface area (Å²) in [6.45, 7) is 2.20. The molecule has 1 N–H and O–H groups in total. The first-order valence-corrected chi connectivity index (χ1v) is 7.71. The number of para-hydroxylation sites is 1. The third-order valence-electron chi connectivity index (χ3n) is 3.17. The van der Waals surface area contributed by atoms with E-state index in [1.54, 1.807) is 35.6 Å². The molecule has 5 heteroatoms. The third-order valence-corrected chi connectivity index (χ3v) is 4.10. The zero-order valence-corrected chi connectivity index (χ0v) is 12.8. The lowest BCUT2D eigenvalue weighted by molar-refractivity contribution is 0.0692. The summed E-state index contributed by atoms with van der Waals surface area (Å²) >= 11 is 1.77. The molecule has 4 nitrogen and oxygen atoms in total. The van der Waals surface area contributed by atoms with E-state index in [-0.39, 0.29) is 5.56 Å². The standard InChI is InChI=1S/C16H19NO3S/c1-17(9-8-13-5-4-12-21-13)10-11-20-15-7-3-2-6-14(15)16(18)19/h2-7,12H,8-11H2,1H3,(H,18,19). The summed E-state index contributed by atoms with van der Waals surface area (Å²) in [4.78, 5) is 14.6. The second kappa shape index (κ2) is 7.81. The summed E-state index contributed by atoms with van der Waals surface area (Å²) < 4.78 is 5.59. The predicted molar refractivity (Wildman–Crippen MR) is 84.4 cm³/mol. The van der Waals surface area contributed by atoms with Crippen molar-refractivity contribution in [2.75, 3.05) is 26.7 Å². The molecule has 1 aromatic carbocycles. The monoisotopic (exact) mass is 305 g/mol. The van der Waals surface area contributed by atoms with Gasteiger partial charge in [0.05, 0.1) is 0 Å². The molecule has 0 bridgehead atoms. The Morgan fingerprint density at radius 2 is 2.05 bits per heavy atom. The van der Waals surface area contributed by atoms with Crippen molar-refractivity contribution in [2.45, 2.75) is 6.42 Å². The molecule has 0 aliphatic rings. The number of ether oxygens (including phenoxy) is 1. The summed E-state index contributed by atoms with van der Waals surface area (Å²) in [6.07, 6.45) is 1.03. The lowest BCUT2D eigenvalue weighted by atomic mass is 10.2. The van der Waals surface area contributed by atoms with Crippen molar-refractivity contribution < 1.29 is 14.6 Å². The van der Waals surface area contributed by atoms with E-state index in [2.05, 4.69) is 22.4 Å². The SMILES string of the molecule is CN(CCOc1ccccc1C(=O)O)CCc1cccs1. The zero-order valence-electron chi connectivity index (χ0n) is 12.0. The highest BCUT2D eigenvalue weighted by atomic mass is 32.1. The van der Waals surface area contributed by atoms with Gasteiger partial charge >= 0.3 is 5.97 Å². The minimum absolute atomic E-state index is 0.207. The third kappa shape index (κ3) is 4.88. The van der Waals surface area contributed by atoms with Gasteiger partial charge in [0.25, 0.3) is 0 Å². The van der Waals surface area contributed by atoms with Crippen molar-refractivity contribution in [1.82, 2.24) is 4.90 Å². The second-order valence-corrected chi connectivity index (χ2v) is 5.81. The summed E-state index contributed by atoms with van der Waals surface area (Å²) in [5.41, 5.74) is 0.207. The molecule has 0 spiro atoms. The molecule has 0 aliphatic carbocycles. The molecule has 1 heterocycles. The van der Waals surface area contributed by atoms with Crippen molar-refractivity contribution in [3.05, 3.63) is 52.2 Å². The molecular weight excluding hydrogens is 286 g/mol. The van der Waals surface area contributed by atoms with Gasteiger partial charge in [-0.2, -0.15) is 0 Å². The number of carboxylic acid groups (broad SMARTS) is 1. The number of aromatic carboxylic acids is 1. The molecule has 0 atom stereocenters. The van der Waals surface area contributed by atoms with Crippen molar-refractivity contribution in [2.24, 2.45) is 0 Å². The van der Waals surface area contributed by atoms with Crippen molar-refractivity contribution in [1.29, 1.82) is 0 Å². The Balaban J connectivity index is 1.75. The minimum atomic E-state index is -0.961. The number of likely N-dealkylation sites (N-methyl/N-ethyl adjacent to an activating group) is 1. The Morgan fingerprint density at radius 1 is 1.24 bits per heavy atom. The topological polar surface area (TPSA) is 49.8 Å². The fourth-order valence-corrected chi connectivity index (χ4v) is 2.65. The number of nitrogens with zero attached hydrogens (tertiary/aromatic N) is 1. The van der Waals surface area contributed by atoms with Crippen LogP contribution in [0.1, 0.15) is 15.2 Å². The van der Waals surface area contributed by atoms with Crippen LogP contribution in [0.3, 0.4) is 0 Å². The molecular formula is C16H19NO3S. The number of hydrogen-bond donors (Lipinski definition) is 1. The minimum Gasteiger partial charge on any atom is -0.491 e. The highest BCUT2D eigenvalue weighted by Gasteiger charge is 2.10. The smallest absolute Gasteiger partial charge is 0.339 e. The number of hydrogen-bond acceptors (Lipinski definition) is 4. The highest BCUT2D eigenvalue weighted by molar-refractivity contribution is 7.09. The van der Waals surface area contributed by atoms with Gasteiger partial charge in [0, 0.05) is 18.0 Å². The van der Waals surface area contributed by atoms with Crippen LogP contribution in [0.5, 0.6) is 5.75 Å². The second-order valence-electron chi connectivity index (χ2n) is 4.78. The normalized spacial score (nSPS) is 10.8. The summed E-state index contributed by atoms with van der Waals surface area (Å²) in [7, 11) is 2.04. The molecule has 21 heavy (non-hydrogen) atoms. The van der Waals surface area contributed by atoms with E-state index in [9.17, 15) is 4.79 Å². The first-order valence-electron chi connectivity index (χ1n) is 6.83. The maximum absolute atomic E-state index is 11.1. The van der Waals surface area contributed by atoms with Crippen LogP contribution in [0, 0.1) is 0 Å². The number of benzene rings is 1. The van der Waals surface area contributed by atoms with Crippen LogP contribution in [0.25, 0.3) is 0 Å². The quantitative estimate of drug-likeness (QED) is 0.814. The predicted octanol–water partition coefficient (Wildman–Crippen LogP) is 3.00. The van der Waals surface area contributed by atoms with Gasteiger partial charge in [-0.3, -0.25) is 0 Å². The van der Waals surface area contributed by atoms with Gasteiger partial charge in [0.1, 0.15) is 17.9 Å². The molecule has 2 rings (SSSR count). The van der Waals surface area contributed by atoms with E-state index < -0.39 is 5.97 Å². The van der Waals surface area contributed by atoms with E-state index in [1.165, 1.54) is 4.88 Å². The molecule has 0 saturated carbocycles. The number of rotatable bonds is 8. The van der Waals surface area contributed by atoms with E-state index >= 15 is 0 Å². The van der Waals surface area contributed by atoms with Crippen LogP contribution in [0.15, 0.2) is 41.8 Å². The van der Waals surface area contributed by atoms with Crippen molar-refractivity contribution >= 4 is 17.3 Å². The molecule has 0 aliphatic heterocycles. The van der Waals surface area contributed by atoms with Gasteiger partial charge in [0.15, 0.2) is 0 Å². The summed E-state index contributed by atoms with van der Waals surface area (Å²) in [5, 5.41) is 11.2. The Kier molecular flexibility index (Phi) is 5.78. The van der Waals surface area contributed by atoms with Crippen LogP contribution in [0.2, 0.25) is 0 Å².